The number of aromatic amines is 1. The third-order valence-electron chi connectivity index (χ3n) is 2.39. The van der Waals surface area contributed by atoms with Crippen molar-refractivity contribution in [2.24, 2.45) is 0 Å². The van der Waals surface area contributed by atoms with Crippen LogP contribution in [-0.2, 0) is 15.2 Å². The molecule has 19 heavy (non-hydrogen) atoms. The summed E-state index contributed by atoms with van der Waals surface area (Å²) in [7, 11) is 0.444. The number of pyridine rings is 1. The molecule has 0 atom stereocenters. The highest BCUT2D eigenvalue weighted by Crippen LogP contribution is 2.37. The smallest absolute Gasteiger partial charge is 0.322 e. The fourth-order valence-electron chi connectivity index (χ4n) is 1.60. The van der Waals surface area contributed by atoms with E-state index in [-0.39, 0.29) is 10.9 Å². The highest BCUT2D eigenvalue weighted by Gasteiger charge is 2.37. The van der Waals surface area contributed by atoms with Crippen LogP contribution in [0.15, 0.2) is 34.0 Å². The van der Waals surface area contributed by atoms with Gasteiger partial charge in [-0.15, -0.1) is 0 Å². The van der Waals surface area contributed by atoms with Gasteiger partial charge in [0.1, 0.15) is 0 Å². The normalized spacial score (nSPS) is 12.8. The standard InChI is InChI=1S/C10H5ClF3NO3S/c11-19(17,18)8-3-5-1-2-9(16)15-7(5)4-6(8)10(12,13)14/h1-4H,(H,15,16). The summed E-state index contributed by atoms with van der Waals surface area (Å²) in [5, 5.41) is 0.131. The molecule has 102 valence electrons. The van der Waals surface area contributed by atoms with E-state index in [0.717, 1.165) is 12.1 Å². The number of alkyl halides is 3. The zero-order valence-electron chi connectivity index (χ0n) is 8.95. The van der Waals surface area contributed by atoms with E-state index in [1.807, 2.05) is 0 Å². The molecule has 2 rings (SSSR count). The van der Waals surface area contributed by atoms with Gasteiger partial charge in [0.2, 0.25) is 5.56 Å². The second kappa shape index (κ2) is 4.24. The van der Waals surface area contributed by atoms with Gasteiger partial charge in [0.25, 0.3) is 9.05 Å². The summed E-state index contributed by atoms with van der Waals surface area (Å²) in [6.45, 7) is 0. The van der Waals surface area contributed by atoms with E-state index in [1.165, 1.54) is 6.07 Å². The molecule has 0 aliphatic carbocycles. The van der Waals surface area contributed by atoms with Gasteiger partial charge in [-0.1, -0.05) is 0 Å². The molecule has 0 saturated heterocycles. The van der Waals surface area contributed by atoms with E-state index in [1.54, 1.807) is 0 Å². The molecule has 0 unspecified atom stereocenters. The van der Waals surface area contributed by atoms with Gasteiger partial charge in [-0.2, -0.15) is 13.2 Å². The monoisotopic (exact) mass is 311 g/mol. The maximum Gasteiger partial charge on any atom is 0.417 e. The number of nitrogens with one attached hydrogen (secondary N) is 1. The van der Waals surface area contributed by atoms with E-state index in [0.29, 0.717) is 6.07 Å². The van der Waals surface area contributed by atoms with Crippen molar-refractivity contribution in [3.63, 3.8) is 0 Å². The Labute approximate surface area is 109 Å². The highest BCUT2D eigenvalue weighted by atomic mass is 35.7. The number of halogens is 4. The molecule has 1 aromatic carbocycles. The Morgan fingerprint density at radius 1 is 1.16 bits per heavy atom. The third kappa shape index (κ3) is 2.74. The average molecular weight is 312 g/mol. The van der Waals surface area contributed by atoms with Gasteiger partial charge in [0.15, 0.2) is 0 Å². The van der Waals surface area contributed by atoms with Crippen LogP contribution in [0.2, 0.25) is 0 Å². The third-order valence-corrected chi connectivity index (χ3v) is 3.75. The first-order valence-electron chi connectivity index (χ1n) is 4.78. The van der Waals surface area contributed by atoms with Crippen LogP contribution in [0, 0.1) is 0 Å². The van der Waals surface area contributed by atoms with Gasteiger partial charge in [-0.3, -0.25) is 4.79 Å². The maximum absolute atomic E-state index is 12.8. The van der Waals surface area contributed by atoms with Crippen molar-refractivity contribution < 1.29 is 21.6 Å². The predicted molar refractivity (Wildman–Crippen MR) is 62.6 cm³/mol. The topological polar surface area (TPSA) is 67.0 Å². The van der Waals surface area contributed by atoms with Crippen LogP contribution in [0.5, 0.6) is 0 Å². The van der Waals surface area contributed by atoms with Crippen molar-refractivity contribution in [3.8, 4) is 0 Å². The Morgan fingerprint density at radius 3 is 2.32 bits per heavy atom. The van der Waals surface area contributed by atoms with E-state index in [9.17, 15) is 26.4 Å². The Morgan fingerprint density at radius 2 is 1.79 bits per heavy atom. The maximum atomic E-state index is 12.8. The largest absolute Gasteiger partial charge is 0.417 e. The molecule has 2 aromatic rings. The fraction of sp³-hybridized carbons (Fsp3) is 0.100. The quantitative estimate of drug-likeness (QED) is 0.823. The van der Waals surface area contributed by atoms with Crippen LogP contribution >= 0.6 is 10.7 Å². The molecule has 0 aliphatic rings. The van der Waals surface area contributed by atoms with Gasteiger partial charge in [-0.05, 0) is 23.6 Å². The van der Waals surface area contributed by atoms with Crippen LogP contribution in [-0.4, -0.2) is 13.4 Å². The number of fused-ring (bicyclic) bond motifs is 1. The summed E-state index contributed by atoms with van der Waals surface area (Å²) in [6, 6.07) is 3.60. The van der Waals surface area contributed by atoms with E-state index >= 15 is 0 Å². The Kier molecular flexibility index (Phi) is 3.10. The molecule has 0 aliphatic heterocycles. The van der Waals surface area contributed by atoms with Gasteiger partial charge in [0, 0.05) is 22.3 Å². The molecule has 0 radical (unpaired) electrons. The van der Waals surface area contributed by atoms with Crippen LogP contribution in [0.3, 0.4) is 0 Å². The molecule has 0 bridgehead atoms. The van der Waals surface area contributed by atoms with Gasteiger partial charge >= 0.3 is 6.18 Å². The minimum absolute atomic E-state index is 0.121. The van der Waals surface area contributed by atoms with E-state index in [4.69, 9.17) is 10.7 Å². The molecule has 4 nitrogen and oxygen atoms in total. The van der Waals surface area contributed by atoms with Crippen LogP contribution in [0.4, 0.5) is 13.2 Å². The van der Waals surface area contributed by atoms with E-state index < -0.39 is 31.2 Å². The zero-order chi connectivity index (χ0) is 14.4. The lowest BCUT2D eigenvalue weighted by Crippen LogP contribution is -2.12. The summed E-state index contributed by atoms with van der Waals surface area (Å²) >= 11 is 0. The van der Waals surface area contributed by atoms with Crippen molar-refractivity contribution in [1.82, 2.24) is 4.98 Å². The van der Waals surface area contributed by atoms with Crippen LogP contribution in [0.25, 0.3) is 10.9 Å². The first kappa shape index (κ1) is 13.9. The Hall–Kier alpha value is -1.54. The van der Waals surface area contributed by atoms with Crippen molar-refractivity contribution >= 4 is 30.6 Å². The molecular formula is C10H5ClF3NO3S. The van der Waals surface area contributed by atoms with Gasteiger partial charge < -0.3 is 4.98 Å². The number of rotatable bonds is 1. The number of H-pyrrole nitrogens is 1. The fourth-order valence-corrected chi connectivity index (χ4v) is 2.69. The summed E-state index contributed by atoms with van der Waals surface area (Å²) in [4.78, 5) is 12.2. The van der Waals surface area contributed by atoms with Crippen LogP contribution < -0.4 is 5.56 Å². The molecule has 0 spiro atoms. The number of benzene rings is 1. The van der Waals surface area contributed by atoms with Crippen LogP contribution in [0.1, 0.15) is 5.56 Å². The van der Waals surface area contributed by atoms with E-state index in [2.05, 4.69) is 4.98 Å². The molecule has 1 heterocycles. The van der Waals surface area contributed by atoms with Gasteiger partial charge in [-0.25, -0.2) is 8.42 Å². The summed E-state index contributed by atoms with van der Waals surface area (Å²) < 4.78 is 60.8. The predicted octanol–water partition coefficient (Wildman–Crippen LogP) is 2.47. The Bertz CT molecular complexity index is 811. The molecule has 0 amide bonds. The summed E-state index contributed by atoms with van der Waals surface area (Å²) in [6.07, 6.45) is -4.90. The first-order valence-corrected chi connectivity index (χ1v) is 7.09. The number of aromatic nitrogens is 1. The lowest BCUT2D eigenvalue weighted by molar-refractivity contribution is -0.139. The molecule has 1 aromatic heterocycles. The SMILES string of the molecule is O=c1ccc2cc(S(=O)(=O)Cl)c(C(F)(F)F)cc2[nH]1. The second-order valence-corrected chi connectivity index (χ2v) is 6.23. The molecule has 0 fully saturated rings. The lowest BCUT2D eigenvalue weighted by atomic mass is 10.1. The van der Waals surface area contributed by atoms with Crippen molar-refractivity contribution in [1.29, 1.82) is 0 Å². The summed E-state index contributed by atoms with van der Waals surface area (Å²) in [5.41, 5.74) is -2.14. The van der Waals surface area contributed by atoms with Crippen molar-refractivity contribution in [2.45, 2.75) is 11.1 Å². The molecular weight excluding hydrogens is 307 g/mol. The highest BCUT2D eigenvalue weighted by molar-refractivity contribution is 8.13. The number of hydrogen-bond donors (Lipinski definition) is 1. The minimum atomic E-state index is -4.90. The van der Waals surface area contributed by atoms with Gasteiger partial charge in [0.05, 0.1) is 10.5 Å². The zero-order valence-corrected chi connectivity index (χ0v) is 10.5. The van der Waals surface area contributed by atoms with Crippen molar-refractivity contribution in [3.05, 3.63) is 40.2 Å². The molecule has 0 saturated carbocycles. The second-order valence-electron chi connectivity index (χ2n) is 3.69. The minimum Gasteiger partial charge on any atom is -0.322 e. The number of hydrogen-bond acceptors (Lipinski definition) is 3. The molecule has 1 N–H and O–H groups in total. The Balaban J connectivity index is 2.94. The lowest BCUT2D eigenvalue weighted by Gasteiger charge is -2.12. The first-order chi connectivity index (χ1) is 8.59. The molecule has 9 heteroatoms. The average Bonchev–Trinajstić information content (AvgIpc) is 2.24. The summed E-state index contributed by atoms with van der Waals surface area (Å²) in [5.74, 6) is 0. The van der Waals surface area contributed by atoms with Crippen molar-refractivity contribution in [2.75, 3.05) is 0 Å².